The molecule has 0 radical (unpaired) electrons. The highest BCUT2D eigenvalue weighted by Gasteiger charge is 2.15. The number of anilines is 1. The molecule has 1 aromatic heterocycles. The van der Waals surface area contributed by atoms with Crippen LogP contribution >= 0.6 is 24.0 Å². The largest absolute Gasteiger partial charge is 0.356 e. The summed E-state index contributed by atoms with van der Waals surface area (Å²) in [5.74, 6) is 1.71. The number of halogens is 1. The third-order valence-corrected chi connectivity index (χ3v) is 5.44. The van der Waals surface area contributed by atoms with E-state index in [0.717, 1.165) is 62.0 Å². The lowest BCUT2D eigenvalue weighted by atomic mass is 10.1. The normalized spacial score (nSPS) is 14.5. The summed E-state index contributed by atoms with van der Waals surface area (Å²) in [4.78, 5) is 25.4. The molecule has 2 aromatic rings. The van der Waals surface area contributed by atoms with Crippen molar-refractivity contribution in [3.63, 3.8) is 0 Å². The van der Waals surface area contributed by atoms with Gasteiger partial charge in [-0.05, 0) is 42.8 Å². The lowest BCUT2D eigenvalue weighted by Gasteiger charge is -2.33. The number of hydrogen-bond acceptors (Lipinski definition) is 5. The molecule has 0 spiro atoms. The standard InChI is InChI=1S/C23H33N7O.HI/c1-24-22(31)20-6-4-5-18(15-20)9-10-26-23(25-2)28-17-19-7-8-21(27-16-19)30-13-11-29(3)12-14-30;/h4-8,15-16H,9-14,17H2,1-3H3,(H,24,31)(H2,25,26,28);1H. The zero-order valence-electron chi connectivity index (χ0n) is 19.1. The van der Waals surface area contributed by atoms with Crippen molar-refractivity contribution >= 4 is 41.7 Å². The Morgan fingerprint density at radius 2 is 1.88 bits per heavy atom. The quantitative estimate of drug-likeness (QED) is 0.276. The number of piperazine rings is 1. The molecule has 8 nitrogen and oxygen atoms in total. The Morgan fingerprint density at radius 1 is 1.09 bits per heavy atom. The Balaban J connectivity index is 0.00000363. The van der Waals surface area contributed by atoms with E-state index in [9.17, 15) is 4.79 Å². The van der Waals surface area contributed by atoms with Gasteiger partial charge in [0.1, 0.15) is 5.82 Å². The first-order valence-electron chi connectivity index (χ1n) is 10.7. The number of pyridine rings is 1. The first-order chi connectivity index (χ1) is 15.1. The van der Waals surface area contributed by atoms with E-state index in [1.807, 2.05) is 30.5 Å². The molecule has 1 aromatic carbocycles. The van der Waals surface area contributed by atoms with Crippen LogP contribution in [0.15, 0.2) is 47.6 Å². The summed E-state index contributed by atoms with van der Waals surface area (Å²) >= 11 is 0. The van der Waals surface area contributed by atoms with E-state index in [0.29, 0.717) is 12.1 Å². The van der Waals surface area contributed by atoms with Crippen LogP contribution in [0.2, 0.25) is 0 Å². The fourth-order valence-electron chi connectivity index (χ4n) is 3.49. The van der Waals surface area contributed by atoms with Gasteiger partial charge in [0.25, 0.3) is 5.91 Å². The van der Waals surface area contributed by atoms with Crippen molar-refractivity contribution in [1.82, 2.24) is 25.8 Å². The number of hydrogen-bond donors (Lipinski definition) is 3. The van der Waals surface area contributed by atoms with Crippen LogP contribution in [0.1, 0.15) is 21.5 Å². The third-order valence-electron chi connectivity index (χ3n) is 5.44. The fraction of sp³-hybridized carbons (Fsp3) is 0.435. The molecule has 0 saturated carbocycles. The summed E-state index contributed by atoms with van der Waals surface area (Å²) in [6.45, 7) is 5.55. The number of aromatic nitrogens is 1. The average molecular weight is 551 g/mol. The third kappa shape index (κ3) is 7.63. The molecule has 1 amide bonds. The Bertz CT molecular complexity index is 880. The van der Waals surface area contributed by atoms with Gasteiger partial charge in [-0.1, -0.05) is 18.2 Å². The molecule has 0 unspecified atom stereocenters. The van der Waals surface area contributed by atoms with E-state index in [1.54, 1.807) is 14.1 Å². The van der Waals surface area contributed by atoms with Gasteiger partial charge in [0.05, 0.1) is 0 Å². The van der Waals surface area contributed by atoms with Crippen LogP contribution < -0.4 is 20.9 Å². The summed E-state index contributed by atoms with van der Waals surface area (Å²) in [6.07, 6.45) is 2.73. The van der Waals surface area contributed by atoms with E-state index < -0.39 is 0 Å². The number of guanidine groups is 1. The Morgan fingerprint density at radius 3 is 2.53 bits per heavy atom. The predicted octanol–water partition coefficient (Wildman–Crippen LogP) is 1.72. The zero-order valence-corrected chi connectivity index (χ0v) is 21.4. The van der Waals surface area contributed by atoms with Crippen LogP contribution in [0.3, 0.4) is 0 Å². The molecule has 1 aliphatic heterocycles. The Hall–Kier alpha value is -2.40. The second kappa shape index (κ2) is 13.2. The highest BCUT2D eigenvalue weighted by molar-refractivity contribution is 14.0. The van der Waals surface area contributed by atoms with E-state index in [-0.39, 0.29) is 29.9 Å². The van der Waals surface area contributed by atoms with Crippen LogP contribution in [-0.4, -0.2) is 75.6 Å². The minimum Gasteiger partial charge on any atom is -0.356 e. The summed E-state index contributed by atoms with van der Waals surface area (Å²) in [7, 11) is 5.56. The Labute approximate surface area is 207 Å². The van der Waals surface area contributed by atoms with Crippen molar-refractivity contribution in [2.75, 3.05) is 58.8 Å². The van der Waals surface area contributed by atoms with Crippen LogP contribution in [0.25, 0.3) is 0 Å². The number of carbonyl (C=O) groups is 1. The number of benzene rings is 1. The van der Waals surface area contributed by atoms with Gasteiger partial charge in [-0.3, -0.25) is 9.79 Å². The molecule has 32 heavy (non-hydrogen) atoms. The fourth-order valence-corrected chi connectivity index (χ4v) is 3.49. The molecule has 3 rings (SSSR count). The van der Waals surface area contributed by atoms with Crippen molar-refractivity contribution in [2.24, 2.45) is 4.99 Å². The number of amides is 1. The van der Waals surface area contributed by atoms with Crippen molar-refractivity contribution in [2.45, 2.75) is 13.0 Å². The molecule has 1 saturated heterocycles. The summed E-state index contributed by atoms with van der Waals surface area (Å²) in [6, 6.07) is 11.9. The molecule has 0 atom stereocenters. The maximum Gasteiger partial charge on any atom is 0.251 e. The van der Waals surface area contributed by atoms with Crippen LogP contribution in [0.4, 0.5) is 5.82 Å². The van der Waals surface area contributed by atoms with E-state index >= 15 is 0 Å². The van der Waals surface area contributed by atoms with Gasteiger partial charge in [-0.2, -0.15) is 0 Å². The molecular formula is C23H34IN7O. The van der Waals surface area contributed by atoms with Crippen molar-refractivity contribution in [3.05, 3.63) is 59.3 Å². The lowest BCUT2D eigenvalue weighted by Crippen LogP contribution is -2.44. The van der Waals surface area contributed by atoms with Crippen molar-refractivity contribution < 1.29 is 4.79 Å². The van der Waals surface area contributed by atoms with E-state index in [2.05, 4.69) is 54.9 Å². The molecule has 1 aliphatic rings. The van der Waals surface area contributed by atoms with Gasteiger partial charge >= 0.3 is 0 Å². The molecule has 174 valence electrons. The van der Waals surface area contributed by atoms with Crippen LogP contribution in [0, 0.1) is 0 Å². The number of rotatable bonds is 7. The van der Waals surface area contributed by atoms with Crippen LogP contribution in [0.5, 0.6) is 0 Å². The summed E-state index contributed by atoms with van der Waals surface area (Å²) in [5, 5.41) is 9.31. The first kappa shape index (κ1) is 25.9. The summed E-state index contributed by atoms with van der Waals surface area (Å²) in [5.41, 5.74) is 2.89. The maximum absolute atomic E-state index is 11.8. The second-order valence-corrected chi connectivity index (χ2v) is 7.70. The highest BCUT2D eigenvalue weighted by Crippen LogP contribution is 2.13. The predicted molar refractivity (Wildman–Crippen MR) is 141 cm³/mol. The monoisotopic (exact) mass is 551 g/mol. The smallest absolute Gasteiger partial charge is 0.251 e. The average Bonchev–Trinajstić information content (AvgIpc) is 2.82. The maximum atomic E-state index is 11.8. The molecule has 3 N–H and O–H groups in total. The lowest BCUT2D eigenvalue weighted by molar-refractivity contribution is 0.0963. The van der Waals surface area contributed by atoms with Gasteiger partial charge in [0.15, 0.2) is 5.96 Å². The number of nitrogens with one attached hydrogen (secondary N) is 3. The zero-order chi connectivity index (χ0) is 22.1. The SMILES string of the molecule is CN=C(NCCc1cccc(C(=O)NC)c1)NCc1ccc(N2CCN(C)CC2)nc1.I. The van der Waals surface area contributed by atoms with E-state index in [4.69, 9.17) is 0 Å². The number of nitrogens with zero attached hydrogens (tertiary/aromatic N) is 4. The van der Waals surface area contributed by atoms with Gasteiger partial charge < -0.3 is 25.8 Å². The number of carbonyl (C=O) groups excluding carboxylic acids is 1. The van der Waals surface area contributed by atoms with Crippen molar-refractivity contribution in [1.29, 1.82) is 0 Å². The minimum absolute atomic E-state index is 0. The topological polar surface area (TPSA) is 84.9 Å². The van der Waals surface area contributed by atoms with Crippen molar-refractivity contribution in [3.8, 4) is 0 Å². The first-order valence-corrected chi connectivity index (χ1v) is 10.7. The summed E-state index contributed by atoms with van der Waals surface area (Å²) < 4.78 is 0. The molecule has 9 heteroatoms. The number of aliphatic imine (C=N–C) groups is 1. The number of likely N-dealkylation sites (N-methyl/N-ethyl adjacent to an activating group) is 1. The molecular weight excluding hydrogens is 517 g/mol. The highest BCUT2D eigenvalue weighted by atomic mass is 127. The van der Waals surface area contributed by atoms with Crippen LogP contribution in [-0.2, 0) is 13.0 Å². The molecule has 2 heterocycles. The van der Waals surface area contributed by atoms with E-state index in [1.165, 1.54) is 0 Å². The second-order valence-electron chi connectivity index (χ2n) is 7.70. The molecule has 0 aliphatic carbocycles. The minimum atomic E-state index is -0.0699. The van der Waals surface area contributed by atoms with Gasteiger partial charge in [0, 0.05) is 65.1 Å². The van der Waals surface area contributed by atoms with Gasteiger partial charge in [-0.25, -0.2) is 4.98 Å². The van der Waals surface area contributed by atoms with Gasteiger partial charge in [0.2, 0.25) is 0 Å². The molecule has 1 fully saturated rings. The molecule has 0 bridgehead atoms. The van der Waals surface area contributed by atoms with Gasteiger partial charge in [-0.15, -0.1) is 24.0 Å². The Kier molecular flexibility index (Phi) is 10.7.